The van der Waals surface area contributed by atoms with E-state index >= 15 is 0 Å². The fourth-order valence-corrected chi connectivity index (χ4v) is 5.47. The molecule has 10 nitrogen and oxygen atoms in total. The standard InChI is InChI=1S/C43H54N4O6/c1-30(2)25-50-29-40(42(48)53-26-31(3)4)47-43(49)46-20-19-45-24-36-17-18-38(22-41(36)52-27-34-12-9-11-33(21-34)23-44)51-28-37-15-10-16-39(32(37)5)35-13-7-6-8-14-35/h6-18,21-22,30-31,40,42,45,48H,19-20,24-29H2,1-5H3,(H2,46,47,49)/t40-,42?/m0/s1. The van der Waals surface area contributed by atoms with Crippen molar-refractivity contribution in [3.8, 4) is 28.7 Å². The fraction of sp³-hybridized carbons (Fsp3) is 0.395. The van der Waals surface area contributed by atoms with Crippen LogP contribution in [-0.2, 0) is 29.2 Å². The summed E-state index contributed by atoms with van der Waals surface area (Å²) < 4.78 is 23.8. The number of carbonyl (C=O) groups is 1. The summed E-state index contributed by atoms with van der Waals surface area (Å²) in [6.45, 7) is 13.1. The van der Waals surface area contributed by atoms with Crippen LogP contribution in [0.4, 0.5) is 4.79 Å². The maximum absolute atomic E-state index is 12.7. The van der Waals surface area contributed by atoms with Crippen molar-refractivity contribution < 1.29 is 28.8 Å². The van der Waals surface area contributed by atoms with Gasteiger partial charge in [-0.15, -0.1) is 0 Å². The summed E-state index contributed by atoms with van der Waals surface area (Å²) in [6, 6.07) is 30.7. The van der Waals surface area contributed by atoms with Crippen LogP contribution >= 0.6 is 0 Å². The highest BCUT2D eigenvalue weighted by Gasteiger charge is 2.23. The van der Waals surface area contributed by atoms with Gasteiger partial charge < -0.3 is 40.0 Å². The van der Waals surface area contributed by atoms with Gasteiger partial charge >= 0.3 is 6.03 Å². The number of aliphatic hydroxyl groups is 1. The topological polar surface area (TPSA) is 134 Å². The number of aliphatic hydroxyl groups excluding tert-OH is 1. The predicted octanol–water partition coefficient (Wildman–Crippen LogP) is 7.11. The number of nitrogens with zero attached hydrogens (tertiary/aromatic N) is 1. The number of carbonyl (C=O) groups excluding carboxylic acids is 1. The first-order chi connectivity index (χ1) is 25.6. The summed E-state index contributed by atoms with van der Waals surface area (Å²) in [5, 5.41) is 28.9. The van der Waals surface area contributed by atoms with Gasteiger partial charge in [0.05, 0.1) is 24.8 Å². The average Bonchev–Trinajstić information content (AvgIpc) is 3.16. The highest BCUT2D eigenvalue weighted by atomic mass is 16.6. The molecule has 0 aliphatic carbocycles. The number of amides is 2. The Labute approximate surface area is 314 Å². The first-order valence-corrected chi connectivity index (χ1v) is 18.3. The van der Waals surface area contributed by atoms with E-state index in [1.807, 2.05) is 82.3 Å². The van der Waals surface area contributed by atoms with E-state index in [4.69, 9.17) is 18.9 Å². The molecule has 0 aromatic heterocycles. The molecule has 1 unspecified atom stereocenters. The molecule has 4 aromatic carbocycles. The van der Waals surface area contributed by atoms with Crippen LogP contribution < -0.4 is 25.4 Å². The van der Waals surface area contributed by atoms with Crippen molar-refractivity contribution >= 4 is 6.03 Å². The van der Waals surface area contributed by atoms with Gasteiger partial charge in [0.25, 0.3) is 0 Å². The first-order valence-electron chi connectivity index (χ1n) is 18.3. The lowest BCUT2D eigenvalue weighted by molar-refractivity contribution is -0.136. The molecule has 0 fully saturated rings. The number of nitrogens with one attached hydrogen (secondary N) is 3. The lowest BCUT2D eigenvalue weighted by atomic mass is 9.97. The van der Waals surface area contributed by atoms with E-state index < -0.39 is 18.4 Å². The molecule has 0 radical (unpaired) electrons. The van der Waals surface area contributed by atoms with Crippen LogP contribution in [0, 0.1) is 30.1 Å². The Hall–Kier alpha value is -4.92. The van der Waals surface area contributed by atoms with Crippen molar-refractivity contribution in [1.29, 1.82) is 5.26 Å². The van der Waals surface area contributed by atoms with Crippen molar-refractivity contribution in [2.45, 2.75) is 66.7 Å². The lowest BCUT2D eigenvalue weighted by Gasteiger charge is -2.25. The summed E-state index contributed by atoms with van der Waals surface area (Å²) in [5.41, 5.74) is 6.96. The Morgan fingerprint density at radius 2 is 1.58 bits per heavy atom. The molecule has 0 heterocycles. The Morgan fingerprint density at radius 3 is 2.34 bits per heavy atom. The Balaban J connectivity index is 1.36. The highest BCUT2D eigenvalue weighted by Crippen LogP contribution is 2.29. The summed E-state index contributed by atoms with van der Waals surface area (Å²) >= 11 is 0. The molecule has 53 heavy (non-hydrogen) atoms. The van der Waals surface area contributed by atoms with E-state index in [0.717, 1.165) is 22.3 Å². The first kappa shape index (κ1) is 40.8. The highest BCUT2D eigenvalue weighted by molar-refractivity contribution is 5.74. The van der Waals surface area contributed by atoms with Crippen molar-refractivity contribution in [2.75, 3.05) is 32.9 Å². The van der Waals surface area contributed by atoms with Crippen molar-refractivity contribution in [3.05, 3.63) is 119 Å². The average molecular weight is 723 g/mol. The van der Waals surface area contributed by atoms with Gasteiger partial charge in [-0.25, -0.2) is 4.79 Å². The largest absolute Gasteiger partial charge is 0.489 e. The van der Waals surface area contributed by atoms with E-state index in [2.05, 4.69) is 59.3 Å². The van der Waals surface area contributed by atoms with Gasteiger partial charge in [-0.05, 0) is 64.8 Å². The second-order valence-corrected chi connectivity index (χ2v) is 13.8. The second kappa shape index (κ2) is 21.6. The predicted molar refractivity (Wildman–Crippen MR) is 207 cm³/mol. The summed E-state index contributed by atoms with van der Waals surface area (Å²) in [5.74, 6) is 1.88. The van der Waals surface area contributed by atoms with Gasteiger partial charge in [0, 0.05) is 37.9 Å². The molecule has 2 amide bonds. The summed E-state index contributed by atoms with van der Waals surface area (Å²) in [6.07, 6.45) is -1.19. The molecule has 0 saturated carbocycles. The van der Waals surface area contributed by atoms with Crippen LogP contribution in [0.2, 0.25) is 0 Å². The number of rotatable bonds is 21. The van der Waals surface area contributed by atoms with Gasteiger partial charge in [0.1, 0.15) is 30.8 Å². The molecule has 0 aliphatic heterocycles. The van der Waals surface area contributed by atoms with Crippen molar-refractivity contribution in [1.82, 2.24) is 16.0 Å². The number of hydrogen-bond donors (Lipinski definition) is 4. The van der Waals surface area contributed by atoms with Crippen LogP contribution in [0.25, 0.3) is 11.1 Å². The Morgan fingerprint density at radius 1 is 0.811 bits per heavy atom. The van der Waals surface area contributed by atoms with Crippen LogP contribution in [-0.4, -0.2) is 56.4 Å². The van der Waals surface area contributed by atoms with Crippen molar-refractivity contribution in [2.24, 2.45) is 11.8 Å². The smallest absolute Gasteiger partial charge is 0.315 e. The van der Waals surface area contributed by atoms with Gasteiger partial charge in [0.2, 0.25) is 0 Å². The van der Waals surface area contributed by atoms with Gasteiger partial charge in [-0.1, -0.05) is 94.4 Å². The van der Waals surface area contributed by atoms with Crippen LogP contribution in [0.5, 0.6) is 11.5 Å². The monoisotopic (exact) mass is 722 g/mol. The molecule has 4 aromatic rings. The van der Waals surface area contributed by atoms with Crippen LogP contribution in [0.3, 0.4) is 0 Å². The molecule has 0 saturated heterocycles. The number of nitriles is 1. The van der Waals surface area contributed by atoms with Gasteiger partial charge in [-0.3, -0.25) is 0 Å². The van der Waals surface area contributed by atoms with Crippen LogP contribution in [0.1, 0.15) is 55.5 Å². The normalized spacial score (nSPS) is 12.3. The molecule has 2 atom stereocenters. The Kier molecular flexibility index (Phi) is 16.6. The fourth-order valence-electron chi connectivity index (χ4n) is 5.47. The SMILES string of the molecule is Cc1c(COc2ccc(CNCCNC(=O)N[C@@H](COCC(C)C)C(O)OCC(C)C)c(OCc3cccc(C#N)c3)c2)cccc1-c1ccccc1. The number of benzene rings is 4. The maximum Gasteiger partial charge on any atom is 0.315 e. The van der Waals surface area contributed by atoms with Gasteiger partial charge in [-0.2, -0.15) is 5.26 Å². The third-order valence-electron chi connectivity index (χ3n) is 8.33. The molecule has 0 bridgehead atoms. The molecule has 10 heteroatoms. The molecule has 0 aliphatic rings. The zero-order valence-electron chi connectivity index (χ0n) is 31.6. The van der Waals surface area contributed by atoms with Crippen LogP contribution in [0.15, 0.2) is 91.0 Å². The zero-order chi connectivity index (χ0) is 38.0. The molecule has 0 spiro atoms. The van der Waals surface area contributed by atoms with Gasteiger partial charge in [0.15, 0.2) is 6.29 Å². The molecular formula is C43H54N4O6. The quantitative estimate of drug-likeness (QED) is 0.0528. The van der Waals surface area contributed by atoms with E-state index in [1.54, 1.807) is 6.07 Å². The van der Waals surface area contributed by atoms with E-state index in [-0.39, 0.29) is 19.1 Å². The van der Waals surface area contributed by atoms with E-state index in [0.29, 0.717) is 62.4 Å². The maximum atomic E-state index is 12.7. The molecule has 282 valence electrons. The minimum atomic E-state index is -1.19. The third kappa shape index (κ3) is 13.9. The molecule has 4 N–H and O–H groups in total. The minimum Gasteiger partial charge on any atom is -0.489 e. The lowest BCUT2D eigenvalue weighted by Crippen LogP contribution is -2.52. The summed E-state index contributed by atoms with van der Waals surface area (Å²) in [4.78, 5) is 12.7. The molecule has 4 rings (SSSR count). The van der Waals surface area contributed by atoms with Crippen molar-refractivity contribution in [3.63, 3.8) is 0 Å². The minimum absolute atomic E-state index is 0.131. The van der Waals surface area contributed by atoms with E-state index in [1.165, 1.54) is 11.1 Å². The number of hydrogen-bond acceptors (Lipinski definition) is 8. The second-order valence-electron chi connectivity index (χ2n) is 13.8. The van der Waals surface area contributed by atoms with E-state index in [9.17, 15) is 15.2 Å². The zero-order valence-corrected chi connectivity index (χ0v) is 31.6. The molecular weight excluding hydrogens is 668 g/mol. The summed E-state index contributed by atoms with van der Waals surface area (Å²) in [7, 11) is 0. The Bertz CT molecular complexity index is 1760. The third-order valence-corrected chi connectivity index (χ3v) is 8.33. The number of urea groups is 1. The number of ether oxygens (including phenoxy) is 4.